The molecule has 0 radical (unpaired) electrons. The highest BCUT2D eigenvalue weighted by atomic mass is 16.3. The highest BCUT2D eigenvalue weighted by molar-refractivity contribution is 5.54. The molecule has 4 atom stereocenters. The van der Waals surface area contributed by atoms with E-state index in [2.05, 4.69) is 32.2 Å². The van der Waals surface area contributed by atoms with E-state index >= 15 is 0 Å². The van der Waals surface area contributed by atoms with Crippen LogP contribution in [0.1, 0.15) is 37.1 Å². The van der Waals surface area contributed by atoms with Crippen molar-refractivity contribution in [3.8, 4) is 0 Å². The molecule has 1 aromatic heterocycles. The summed E-state index contributed by atoms with van der Waals surface area (Å²) < 4.78 is 0. The van der Waals surface area contributed by atoms with Gasteiger partial charge < -0.3 is 16.2 Å². The van der Waals surface area contributed by atoms with Gasteiger partial charge in [-0.3, -0.25) is 4.90 Å². The number of aliphatic hydroxyl groups is 1. The molecule has 0 spiro atoms. The van der Waals surface area contributed by atoms with Crippen LogP contribution in [0, 0.1) is 18.8 Å². The fourth-order valence-electron chi connectivity index (χ4n) is 4.68. The third-order valence-electron chi connectivity index (χ3n) is 5.95. The molecule has 2 saturated carbocycles. The number of benzene rings is 1. The van der Waals surface area contributed by atoms with Crippen molar-refractivity contribution in [2.24, 2.45) is 11.8 Å². The Labute approximate surface area is 160 Å². The molecule has 2 aromatic rings. The number of fused-ring (bicyclic) bond motifs is 1. The minimum Gasteiger partial charge on any atom is -0.393 e. The summed E-state index contributed by atoms with van der Waals surface area (Å²) in [7, 11) is 2.12. The van der Waals surface area contributed by atoms with E-state index in [4.69, 9.17) is 5.73 Å². The van der Waals surface area contributed by atoms with E-state index in [9.17, 15) is 5.11 Å². The highest BCUT2D eigenvalue weighted by Gasteiger charge is 2.42. The van der Waals surface area contributed by atoms with Crippen molar-refractivity contribution in [3.05, 3.63) is 35.7 Å². The van der Waals surface area contributed by atoms with Gasteiger partial charge in [0.1, 0.15) is 5.82 Å². The van der Waals surface area contributed by atoms with Gasteiger partial charge in [0.2, 0.25) is 11.9 Å². The maximum atomic E-state index is 9.83. The van der Waals surface area contributed by atoms with Gasteiger partial charge in [0, 0.05) is 11.7 Å². The summed E-state index contributed by atoms with van der Waals surface area (Å²) in [6.07, 6.45) is 4.11. The van der Waals surface area contributed by atoms with Crippen molar-refractivity contribution < 1.29 is 5.11 Å². The molecule has 144 valence electrons. The predicted molar refractivity (Wildman–Crippen MR) is 105 cm³/mol. The van der Waals surface area contributed by atoms with Gasteiger partial charge in [-0.25, -0.2) is 0 Å². The summed E-state index contributed by atoms with van der Waals surface area (Å²) in [4.78, 5) is 15.4. The second-order valence-electron chi connectivity index (χ2n) is 8.11. The third kappa shape index (κ3) is 4.20. The van der Waals surface area contributed by atoms with E-state index < -0.39 is 0 Å². The number of aromatic nitrogens is 3. The smallest absolute Gasteiger partial charge is 0.232 e. The number of nitrogens with two attached hydrogens (primary N) is 1. The summed E-state index contributed by atoms with van der Waals surface area (Å²) in [5.41, 5.74) is 8.01. The average Bonchev–Trinajstić information content (AvgIpc) is 3.11. The van der Waals surface area contributed by atoms with Gasteiger partial charge in [-0.15, -0.1) is 0 Å². The Morgan fingerprint density at radius 2 is 1.89 bits per heavy atom. The van der Waals surface area contributed by atoms with E-state index in [1.807, 2.05) is 31.2 Å². The topological polar surface area (TPSA) is 100 Å². The van der Waals surface area contributed by atoms with Gasteiger partial charge >= 0.3 is 0 Å². The molecule has 4 rings (SSSR count). The number of hydrogen-bond donors (Lipinski definition) is 3. The quantitative estimate of drug-likeness (QED) is 0.745. The molecule has 2 unspecified atom stereocenters. The summed E-state index contributed by atoms with van der Waals surface area (Å²) >= 11 is 0. The minimum atomic E-state index is -0.0927. The number of nitrogen functional groups attached to an aromatic ring is 1. The number of aryl methyl sites for hydroxylation is 1. The molecule has 1 heterocycles. The van der Waals surface area contributed by atoms with Crippen molar-refractivity contribution >= 4 is 17.6 Å². The maximum Gasteiger partial charge on any atom is 0.232 e. The lowest BCUT2D eigenvalue weighted by atomic mass is 10.0. The Morgan fingerprint density at radius 1 is 1.15 bits per heavy atom. The highest BCUT2D eigenvalue weighted by Crippen LogP contribution is 2.45. The van der Waals surface area contributed by atoms with Gasteiger partial charge in [0.15, 0.2) is 0 Å². The second kappa shape index (κ2) is 7.40. The Bertz CT molecular complexity index is 799. The van der Waals surface area contributed by atoms with Crippen LogP contribution in [0.15, 0.2) is 24.3 Å². The van der Waals surface area contributed by atoms with Crippen LogP contribution in [0.4, 0.5) is 17.6 Å². The van der Waals surface area contributed by atoms with Crippen LogP contribution in [-0.2, 0) is 6.54 Å². The first-order valence-corrected chi connectivity index (χ1v) is 9.68. The maximum absolute atomic E-state index is 9.83. The van der Waals surface area contributed by atoms with Gasteiger partial charge in [0.25, 0.3) is 0 Å². The Hall–Kier alpha value is -2.25. The number of hydrogen-bond acceptors (Lipinski definition) is 7. The zero-order valence-electron chi connectivity index (χ0n) is 16.0. The van der Waals surface area contributed by atoms with Crippen LogP contribution in [0.5, 0.6) is 0 Å². The summed E-state index contributed by atoms with van der Waals surface area (Å²) in [5, 5.41) is 13.1. The van der Waals surface area contributed by atoms with E-state index in [0.717, 1.165) is 31.4 Å². The Balaban J connectivity index is 1.42. The number of rotatable bonds is 5. The normalized spacial score (nSPS) is 27.1. The lowest BCUT2D eigenvalue weighted by Crippen LogP contribution is -2.31. The van der Waals surface area contributed by atoms with E-state index in [1.54, 1.807) is 0 Å². The monoisotopic (exact) mass is 368 g/mol. The minimum absolute atomic E-state index is 0.0927. The van der Waals surface area contributed by atoms with Crippen LogP contribution >= 0.6 is 0 Å². The van der Waals surface area contributed by atoms with Crippen LogP contribution < -0.4 is 11.1 Å². The molecular weight excluding hydrogens is 340 g/mol. The molecule has 2 aliphatic rings. The Morgan fingerprint density at radius 3 is 2.59 bits per heavy atom. The van der Waals surface area contributed by atoms with E-state index in [-0.39, 0.29) is 12.1 Å². The van der Waals surface area contributed by atoms with Crippen LogP contribution in [0.2, 0.25) is 0 Å². The first-order valence-electron chi connectivity index (χ1n) is 9.68. The van der Waals surface area contributed by atoms with E-state index in [1.165, 1.54) is 5.56 Å². The van der Waals surface area contributed by atoms with Crippen molar-refractivity contribution in [2.45, 2.75) is 51.3 Å². The molecule has 27 heavy (non-hydrogen) atoms. The molecule has 0 saturated heterocycles. The number of aliphatic hydroxyl groups excluding tert-OH is 1. The van der Waals surface area contributed by atoms with Crippen molar-refractivity contribution in [1.82, 2.24) is 19.9 Å². The number of nitrogens with zero attached hydrogens (tertiary/aromatic N) is 4. The summed E-state index contributed by atoms with van der Waals surface area (Å²) in [6.45, 7) is 2.69. The molecule has 7 nitrogen and oxygen atoms in total. The van der Waals surface area contributed by atoms with Crippen molar-refractivity contribution in [2.75, 3.05) is 18.1 Å². The van der Waals surface area contributed by atoms with Gasteiger partial charge in [-0.1, -0.05) is 12.1 Å². The predicted octanol–water partition coefficient (Wildman–Crippen LogP) is 2.49. The Kier molecular flexibility index (Phi) is 4.97. The zero-order valence-corrected chi connectivity index (χ0v) is 16.0. The van der Waals surface area contributed by atoms with Gasteiger partial charge in [-0.05, 0) is 69.2 Å². The molecular formula is C20H28N6O. The molecule has 0 amide bonds. The molecule has 0 aliphatic heterocycles. The van der Waals surface area contributed by atoms with Crippen molar-refractivity contribution in [3.63, 3.8) is 0 Å². The zero-order chi connectivity index (χ0) is 19.0. The largest absolute Gasteiger partial charge is 0.393 e. The lowest BCUT2D eigenvalue weighted by molar-refractivity contribution is 0.157. The molecule has 1 aromatic carbocycles. The van der Waals surface area contributed by atoms with Crippen LogP contribution in [0.25, 0.3) is 0 Å². The number of anilines is 3. The van der Waals surface area contributed by atoms with Crippen molar-refractivity contribution in [1.29, 1.82) is 0 Å². The van der Waals surface area contributed by atoms with Gasteiger partial charge in [0.05, 0.1) is 12.6 Å². The molecule has 7 heteroatoms. The van der Waals surface area contributed by atoms with E-state index in [0.29, 0.717) is 36.2 Å². The standard InChI is InChI=1S/C20H28N6O/c1-12-4-3-5-15(6-12)22-20-24-18(23-19(21)25-20)11-26(2)16-7-13-9-17(27)10-14(13)8-16/h3-6,13-14,16-17,27H,7-11H2,1-2H3,(H3,21,22,23,24,25)/t13-,14+,16?,17?. The average molecular weight is 368 g/mol. The van der Waals surface area contributed by atoms with Crippen LogP contribution in [-0.4, -0.2) is 44.2 Å². The van der Waals surface area contributed by atoms with Crippen LogP contribution in [0.3, 0.4) is 0 Å². The first-order chi connectivity index (χ1) is 13.0. The fourth-order valence-corrected chi connectivity index (χ4v) is 4.68. The molecule has 2 fully saturated rings. The molecule has 0 bridgehead atoms. The second-order valence-corrected chi connectivity index (χ2v) is 8.11. The summed E-state index contributed by atoms with van der Waals surface area (Å²) in [5.74, 6) is 2.71. The molecule has 4 N–H and O–H groups in total. The third-order valence-corrected chi connectivity index (χ3v) is 5.95. The summed E-state index contributed by atoms with van der Waals surface area (Å²) in [6, 6.07) is 8.56. The SMILES string of the molecule is Cc1cccc(Nc2nc(N)nc(CN(C)C3C[C@H]4CC(O)C[C@H]4C3)n2)c1. The fraction of sp³-hybridized carbons (Fsp3) is 0.550. The number of nitrogens with one attached hydrogen (secondary N) is 1. The first kappa shape index (κ1) is 18.1. The lowest BCUT2D eigenvalue weighted by Gasteiger charge is -2.24. The molecule has 2 aliphatic carbocycles. The van der Waals surface area contributed by atoms with Gasteiger partial charge in [-0.2, -0.15) is 15.0 Å².